The summed E-state index contributed by atoms with van der Waals surface area (Å²) in [4.78, 5) is 12.4. The maximum atomic E-state index is 13.5. The van der Waals surface area contributed by atoms with E-state index >= 15 is 0 Å². The molecule has 1 heterocycles. The summed E-state index contributed by atoms with van der Waals surface area (Å²) in [6.07, 6.45) is 0. The Morgan fingerprint density at radius 3 is 2.94 bits per heavy atom. The van der Waals surface area contributed by atoms with E-state index in [1.54, 1.807) is 6.07 Å². The molecule has 1 aliphatic rings. The second-order valence-electron chi connectivity index (χ2n) is 3.32. The summed E-state index contributed by atoms with van der Waals surface area (Å²) in [6.45, 7) is -0.318. The second-order valence-corrected chi connectivity index (χ2v) is 3.32. The molecule has 0 radical (unpaired) electrons. The first-order valence-electron chi connectivity index (χ1n) is 4.53. The van der Waals surface area contributed by atoms with Gasteiger partial charge in [0.2, 0.25) is 5.91 Å². The molecule has 0 spiro atoms. The van der Waals surface area contributed by atoms with Crippen molar-refractivity contribution in [1.82, 2.24) is 0 Å². The predicted molar refractivity (Wildman–Crippen MR) is 52.8 cm³/mol. The van der Waals surface area contributed by atoms with E-state index in [-0.39, 0.29) is 30.4 Å². The highest BCUT2D eigenvalue weighted by Gasteiger charge is 2.26. The van der Waals surface area contributed by atoms with Gasteiger partial charge in [-0.25, -0.2) is 8.78 Å². The lowest BCUT2D eigenvalue weighted by molar-refractivity contribution is -0.115. The topological polar surface area (TPSA) is 56.1 Å². The van der Waals surface area contributed by atoms with Crippen molar-refractivity contribution in [3.8, 4) is 6.07 Å². The molecule has 1 amide bonds. The van der Waals surface area contributed by atoms with Crippen molar-refractivity contribution in [3.05, 3.63) is 23.8 Å². The zero-order chi connectivity index (χ0) is 11.7. The van der Waals surface area contributed by atoms with Crippen LogP contribution in [0.3, 0.4) is 0 Å². The predicted octanol–water partition coefficient (Wildman–Crippen LogP) is 1.25. The molecule has 82 valence electrons. The van der Waals surface area contributed by atoms with Crippen LogP contribution in [0, 0.1) is 23.0 Å². The number of benzene rings is 1. The van der Waals surface area contributed by atoms with Crippen LogP contribution in [0.1, 0.15) is 0 Å². The highest BCUT2D eigenvalue weighted by Crippen LogP contribution is 2.33. The number of rotatable bonds is 1. The van der Waals surface area contributed by atoms with E-state index in [2.05, 4.69) is 5.32 Å². The molecule has 4 nitrogen and oxygen atoms in total. The van der Waals surface area contributed by atoms with Crippen molar-refractivity contribution in [2.45, 2.75) is 0 Å². The molecule has 1 aliphatic heterocycles. The lowest BCUT2D eigenvalue weighted by atomic mass is 10.1. The summed E-state index contributed by atoms with van der Waals surface area (Å²) in [5.41, 5.74) is 0.117. The normalized spacial score (nSPS) is 14.1. The molecule has 0 aliphatic carbocycles. The monoisotopic (exact) mass is 223 g/mol. The molecule has 0 fully saturated rings. The summed E-state index contributed by atoms with van der Waals surface area (Å²) < 4.78 is 26.5. The summed E-state index contributed by atoms with van der Waals surface area (Å²) in [6, 6.07) is 4.01. The molecule has 0 aromatic heterocycles. The van der Waals surface area contributed by atoms with Gasteiger partial charge in [-0.1, -0.05) is 0 Å². The third-order valence-electron chi connectivity index (χ3n) is 2.26. The van der Waals surface area contributed by atoms with Crippen LogP contribution in [0.4, 0.5) is 20.2 Å². The molecule has 0 bridgehead atoms. The summed E-state index contributed by atoms with van der Waals surface area (Å²) in [5, 5.41) is 11.0. The third-order valence-corrected chi connectivity index (χ3v) is 2.26. The van der Waals surface area contributed by atoms with Gasteiger partial charge in [0.1, 0.15) is 12.2 Å². The number of carbonyl (C=O) groups is 1. The first kappa shape index (κ1) is 10.4. The molecule has 0 saturated heterocycles. The Hall–Kier alpha value is -2.16. The van der Waals surface area contributed by atoms with E-state index in [1.807, 2.05) is 0 Å². The fourth-order valence-electron chi connectivity index (χ4n) is 1.61. The first-order chi connectivity index (χ1) is 7.63. The second kappa shape index (κ2) is 3.77. The van der Waals surface area contributed by atoms with E-state index in [4.69, 9.17) is 5.26 Å². The Morgan fingerprint density at radius 1 is 1.50 bits per heavy atom. The van der Waals surface area contributed by atoms with Crippen LogP contribution in [0.2, 0.25) is 0 Å². The van der Waals surface area contributed by atoms with E-state index in [9.17, 15) is 13.6 Å². The molecular weight excluding hydrogens is 216 g/mol. The van der Waals surface area contributed by atoms with Gasteiger partial charge < -0.3 is 10.2 Å². The number of amides is 1. The quantitative estimate of drug-likeness (QED) is 0.729. The molecule has 0 atom stereocenters. The van der Waals surface area contributed by atoms with Gasteiger partial charge in [0.25, 0.3) is 0 Å². The Labute approximate surface area is 90.1 Å². The average molecular weight is 223 g/mol. The van der Waals surface area contributed by atoms with Crippen LogP contribution in [-0.4, -0.2) is 19.0 Å². The maximum Gasteiger partial charge on any atom is 0.243 e. The Morgan fingerprint density at radius 2 is 2.25 bits per heavy atom. The number of nitrogens with one attached hydrogen (secondary N) is 1. The molecule has 1 N–H and O–H groups in total. The smallest absolute Gasteiger partial charge is 0.243 e. The Bertz CT molecular complexity index is 496. The summed E-state index contributed by atoms with van der Waals surface area (Å²) in [5.74, 6) is -2.40. The van der Waals surface area contributed by atoms with Gasteiger partial charge in [0.05, 0.1) is 18.3 Å². The van der Waals surface area contributed by atoms with E-state index in [0.29, 0.717) is 0 Å². The van der Waals surface area contributed by atoms with Crippen LogP contribution in [0.25, 0.3) is 0 Å². The van der Waals surface area contributed by atoms with Crippen molar-refractivity contribution in [2.75, 3.05) is 23.3 Å². The SMILES string of the molecule is N#CCN1CC(=O)Nc2ccc(F)c(F)c21. The minimum Gasteiger partial charge on any atom is -0.345 e. The van der Waals surface area contributed by atoms with Crippen molar-refractivity contribution >= 4 is 17.3 Å². The largest absolute Gasteiger partial charge is 0.345 e. The van der Waals surface area contributed by atoms with Crippen LogP contribution in [0.5, 0.6) is 0 Å². The number of hydrogen-bond acceptors (Lipinski definition) is 3. The van der Waals surface area contributed by atoms with Crippen molar-refractivity contribution < 1.29 is 13.6 Å². The van der Waals surface area contributed by atoms with Gasteiger partial charge in [-0.3, -0.25) is 4.79 Å². The minimum absolute atomic E-state index is 0.0684. The zero-order valence-corrected chi connectivity index (χ0v) is 8.13. The lowest BCUT2D eigenvalue weighted by Gasteiger charge is -2.29. The average Bonchev–Trinajstić information content (AvgIpc) is 2.23. The van der Waals surface area contributed by atoms with Crippen molar-refractivity contribution in [2.24, 2.45) is 0 Å². The number of nitriles is 1. The van der Waals surface area contributed by atoms with Crippen LogP contribution < -0.4 is 10.2 Å². The van der Waals surface area contributed by atoms with Crippen LogP contribution in [0.15, 0.2) is 12.1 Å². The molecule has 0 saturated carbocycles. The number of anilines is 2. The van der Waals surface area contributed by atoms with Gasteiger partial charge >= 0.3 is 0 Å². The number of fused-ring (bicyclic) bond motifs is 1. The van der Waals surface area contributed by atoms with Crippen LogP contribution in [-0.2, 0) is 4.79 Å². The molecule has 1 aromatic carbocycles. The fourth-order valence-corrected chi connectivity index (χ4v) is 1.61. The molecular formula is C10H7F2N3O. The number of hydrogen-bond donors (Lipinski definition) is 1. The molecule has 6 heteroatoms. The standard InChI is InChI=1S/C10H7F2N3O/c11-6-1-2-7-10(9(6)12)15(4-3-13)5-8(16)14-7/h1-2H,4-5H2,(H,14,16). The summed E-state index contributed by atoms with van der Waals surface area (Å²) >= 11 is 0. The Balaban J connectivity index is 2.54. The summed E-state index contributed by atoms with van der Waals surface area (Å²) in [7, 11) is 0. The van der Waals surface area contributed by atoms with Crippen LogP contribution >= 0.6 is 0 Å². The third kappa shape index (κ3) is 1.56. The van der Waals surface area contributed by atoms with Gasteiger partial charge in [0, 0.05) is 0 Å². The first-order valence-corrected chi connectivity index (χ1v) is 4.53. The molecule has 2 rings (SSSR count). The van der Waals surface area contributed by atoms with E-state index in [1.165, 1.54) is 11.0 Å². The van der Waals surface area contributed by atoms with Gasteiger partial charge in [-0.15, -0.1) is 0 Å². The van der Waals surface area contributed by atoms with Gasteiger partial charge in [-0.05, 0) is 12.1 Å². The highest BCUT2D eigenvalue weighted by molar-refractivity contribution is 6.01. The van der Waals surface area contributed by atoms with E-state index in [0.717, 1.165) is 6.07 Å². The molecule has 16 heavy (non-hydrogen) atoms. The van der Waals surface area contributed by atoms with Crippen molar-refractivity contribution in [3.63, 3.8) is 0 Å². The number of nitrogens with zero attached hydrogens (tertiary/aromatic N) is 2. The lowest BCUT2D eigenvalue weighted by Crippen LogP contribution is -2.39. The zero-order valence-electron chi connectivity index (χ0n) is 8.13. The fraction of sp³-hybridized carbons (Fsp3) is 0.200. The Kier molecular flexibility index (Phi) is 2.44. The maximum absolute atomic E-state index is 13.5. The molecule has 0 unspecified atom stereocenters. The van der Waals surface area contributed by atoms with Gasteiger partial charge in [0.15, 0.2) is 11.6 Å². The number of halogens is 2. The van der Waals surface area contributed by atoms with Crippen molar-refractivity contribution in [1.29, 1.82) is 5.26 Å². The molecule has 1 aromatic rings. The number of carbonyl (C=O) groups excluding carboxylic acids is 1. The minimum atomic E-state index is -1.05. The van der Waals surface area contributed by atoms with Gasteiger partial charge in [-0.2, -0.15) is 5.26 Å². The van der Waals surface area contributed by atoms with E-state index < -0.39 is 11.6 Å². The highest BCUT2D eigenvalue weighted by atomic mass is 19.2.